The van der Waals surface area contributed by atoms with E-state index in [0.29, 0.717) is 18.2 Å². The summed E-state index contributed by atoms with van der Waals surface area (Å²) in [5.74, 6) is 0.175. The van der Waals surface area contributed by atoms with Crippen LogP contribution in [-0.4, -0.2) is 26.3 Å². The standard InChI is InChI=1S/C24H21N5O2/c1-16-9-11-17(12-10-16)26-22(30)14-21-23(31)28(15-18-6-4-5-13-25-18)24-27-19-7-2-3-8-20(19)29(21)24/h2-13,21H,14-15H2,1H3,(H,26,30). The lowest BCUT2D eigenvalue weighted by Crippen LogP contribution is -2.31. The van der Waals surface area contributed by atoms with Crippen LogP contribution in [0.1, 0.15) is 23.7 Å². The molecule has 2 amide bonds. The number of aryl methyl sites for hydroxylation is 1. The monoisotopic (exact) mass is 411 g/mol. The summed E-state index contributed by atoms with van der Waals surface area (Å²) < 4.78 is 1.87. The molecule has 1 aliphatic rings. The SMILES string of the molecule is Cc1ccc(NC(=O)CC2C(=O)N(Cc3ccccn3)c3nc4ccccc4n32)cc1. The van der Waals surface area contributed by atoms with Crippen LogP contribution < -0.4 is 10.2 Å². The van der Waals surface area contributed by atoms with Crippen molar-refractivity contribution in [2.75, 3.05) is 10.2 Å². The van der Waals surface area contributed by atoms with E-state index in [9.17, 15) is 9.59 Å². The fourth-order valence-electron chi connectivity index (χ4n) is 3.92. The normalized spacial score (nSPS) is 15.3. The topological polar surface area (TPSA) is 80.1 Å². The summed E-state index contributed by atoms with van der Waals surface area (Å²) in [5.41, 5.74) is 4.22. The van der Waals surface area contributed by atoms with Crippen molar-refractivity contribution in [3.05, 3.63) is 84.2 Å². The van der Waals surface area contributed by atoms with Crippen molar-refractivity contribution in [3.63, 3.8) is 0 Å². The number of benzene rings is 2. The second kappa shape index (κ2) is 7.68. The van der Waals surface area contributed by atoms with Crippen molar-refractivity contribution in [3.8, 4) is 0 Å². The van der Waals surface area contributed by atoms with Crippen LogP contribution in [0.4, 0.5) is 11.6 Å². The number of para-hydroxylation sites is 2. The van der Waals surface area contributed by atoms with Crippen LogP contribution in [0, 0.1) is 6.92 Å². The van der Waals surface area contributed by atoms with Crippen molar-refractivity contribution in [2.45, 2.75) is 25.9 Å². The summed E-state index contributed by atoms with van der Waals surface area (Å²) in [5, 5.41) is 2.90. The molecule has 2 aromatic carbocycles. The van der Waals surface area contributed by atoms with Gasteiger partial charge >= 0.3 is 0 Å². The van der Waals surface area contributed by atoms with Gasteiger partial charge in [-0.3, -0.25) is 24.0 Å². The molecule has 0 saturated carbocycles. The molecule has 1 aliphatic heterocycles. The molecule has 0 saturated heterocycles. The second-order valence-electron chi connectivity index (χ2n) is 7.65. The molecule has 0 radical (unpaired) electrons. The maximum absolute atomic E-state index is 13.4. The lowest BCUT2D eigenvalue weighted by atomic mass is 10.1. The van der Waals surface area contributed by atoms with Crippen molar-refractivity contribution in [2.24, 2.45) is 0 Å². The number of aromatic nitrogens is 3. The van der Waals surface area contributed by atoms with E-state index in [1.807, 2.05) is 78.2 Å². The molecule has 5 rings (SSSR count). The maximum Gasteiger partial charge on any atom is 0.253 e. The number of carbonyl (C=O) groups is 2. The van der Waals surface area contributed by atoms with Crippen LogP contribution in [0.25, 0.3) is 11.0 Å². The van der Waals surface area contributed by atoms with Crippen LogP contribution in [0.3, 0.4) is 0 Å². The lowest BCUT2D eigenvalue weighted by Gasteiger charge is -2.15. The van der Waals surface area contributed by atoms with Crippen molar-refractivity contribution in [1.29, 1.82) is 0 Å². The van der Waals surface area contributed by atoms with Gasteiger partial charge in [0.05, 0.1) is 29.7 Å². The lowest BCUT2D eigenvalue weighted by molar-refractivity contribution is -0.124. The molecule has 1 atom stereocenters. The molecular formula is C24H21N5O2. The number of fused-ring (bicyclic) bond motifs is 3. The van der Waals surface area contributed by atoms with Gasteiger partial charge in [-0.05, 0) is 43.3 Å². The largest absolute Gasteiger partial charge is 0.326 e. The van der Waals surface area contributed by atoms with E-state index in [2.05, 4.69) is 15.3 Å². The van der Waals surface area contributed by atoms with E-state index < -0.39 is 6.04 Å². The second-order valence-corrected chi connectivity index (χ2v) is 7.65. The smallest absolute Gasteiger partial charge is 0.253 e. The van der Waals surface area contributed by atoms with Crippen LogP contribution in [-0.2, 0) is 16.1 Å². The average Bonchev–Trinajstić information content (AvgIpc) is 3.27. The predicted octanol–water partition coefficient (Wildman–Crippen LogP) is 3.86. The molecule has 7 heteroatoms. The molecule has 0 aliphatic carbocycles. The highest BCUT2D eigenvalue weighted by Gasteiger charge is 2.41. The van der Waals surface area contributed by atoms with Gasteiger partial charge < -0.3 is 5.32 Å². The van der Waals surface area contributed by atoms with Gasteiger partial charge in [-0.15, -0.1) is 0 Å². The minimum Gasteiger partial charge on any atom is -0.326 e. The fraction of sp³-hybridized carbons (Fsp3) is 0.167. The molecule has 1 N–H and O–H groups in total. The van der Waals surface area contributed by atoms with Crippen LogP contribution in [0.2, 0.25) is 0 Å². The van der Waals surface area contributed by atoms with Crippen LogP contribution >= 0.6 is 0 Å². The first-order valence-electron chi connectivity index (χ1n) is 10.1. The minimum absolute atomic E-state index is 0.0266. The number of pyridine rings is 1. The number of anilines is 2. The van der Waals surface area contributed by atoms with E-state index >= 15 is 0 Å². The van der Waals surface area contributed by atoms with Crippen molar-refractivity contribution >= 4 is 34.5 Å². The quantitative estimate of drug-likeness (QED) is 0.541. The van der Waals surface area contributed by atoms with Crippen molar-refractivity contribution in [1.82, 2.24) is 14.5 Å². The van der Waals surface area contributed by atoms with E-state index in [4.69, 9.17) is 0 Å². The zero-order chi connectivity index (χ0) is 21.4. The Morgan fingerprint density at radius 1 is 1.03 bits per heavy atom. The summed E-state index contributed by atoms with van der Waals surface area (Å²) in [7, 11) is 0. The third-order valence-corrected chi connectivity index (χ3v) is 5.44. The number of nitrogens with one attached hydrogen (secondary N) is 1. The van der Waals surface area contributed by atoms with Gasteiger partial charge in [-0.25, -0.2) is 4.98 Å². The van der Waals surface area contributed by atoms with Crippen LogP contribution in [0.15, 0.2) is 72.9 Å². The Morgan fingerprint density at radius 2 is 1.81 bits per heavy atom. The third-order valence-electron chi connectivity index (χ3n) is 5.44. The zero-order valence-corrected chi connectivity index (χ0v) is 17.0. The first-order chi connectivity index (χ1) is 15.1. The zero-order valence-electron chi connectivity index (χ0n) is 17.0. The first kappa shape index (κ1) is 19.0. The number of hydrogen-bond acceptors (Lipinski definition) is 4. The molecule has 154 valence electrons. The molecule has 0 fully saturated rings. The van der Waals surface area contributed by atoms with Gasteiger partial charge in [-0.1, -0.05) is 35.9 Å². The van der Waals surface area contributed by atoms with E-state index in [1.165, 1.54) is 0 Å². The third kappa shape index (κ3) is 3.54. The molecule has 2 aromatic heterocycles. The van der Waals surface area contributed by atoms with E-state index in [-0.39, 0.29) is 18.2 Å². The van der Waals surface area contributed by atoms with Gasteiger partial charge in [0.2, 0.25) is 11.9 Å². The maximum atomic E-state index is 13.4. The Balaban J connectivity index is 1.46. The molecule has 31 heavy (non-hydrogen) atoms. The van der Waals surface area contributed by atoms with Gasteiger partial charge in [-0.2, -0.15) is 0 Å². The van der Waals surface area contributed by atoms with Crippen LogP contribution in [0.5, 0.6) is 0 Å². The number of rotatable bonds is 5. The molecule has 0 spiro atoms. The number of hydrogen-bond donors (Lipinski definition) is 1. The number of carbonyl (C=O) groups excluding carboxylic acids is 2. The van der Waals surface area contributed by atoms with Gasteiger partial charge in [0.1, 0.15) is 6.04 Å². The molecule has 0 bridgehead atoms. The highest BCUT2D eigenvalue weighted by molar-refractivity contribution is 6.05. The van der Waals surface area contributed by atoms with Gasteiger partial charge in [0.15, 0.2) is 0 Å². The summed E-state index contributed by atoms with van der Waals surface area (Å²) in [6.45, 7) is 2.30. The number of imidazole rings is 1. The Bertz CT molecular complexity index is 1260. The number of nitrogens with zero attached hydrogens (tertiary/aromatic N) is 4. The predicted molar refractivity (Wildman–Crippen MR) is 119 cm³/mol. The fourth-order valence-corrected chi connectivity index (χ4v) is 3.92. The van der Waals surface area contributed by atoms with Gasteiger partial charge in [0.25, 0.3) is 5.91 Å². The Kier molecular flexibility index (Phi) is 4.71. The minimum atomic E-state index is -0.656. The Morgan fingerprint density at radius 3 is 2.58 bits per heavy atom. The average molecular weight is 411 g/mol. The summed E-state index contributed by atoms with van der Waals surface area (Å²) in [6, 6.07) is 20.2. The Labute approximate surface area is 179 Å². The summed E-state index contributed by atoms with van der Waals surface area (Å²) >= 11 is 0. The highest BCUT2D eigenvalue weighted by Crippen LogP contribution is 2.37. The summed E-state index contributed by atoms with van der Waals surface area (Å²) in [6.07, 6.45) is 1.73. The van der Waals surface area contributed by atoms with E-state index in [1.54, 1.807) is 11.1 Å². The molecule has 3 heterocycles. The van der Waals surface area contributed by atoms with E-state index in [0.717, 1.165) is 22.3 Å². The Hall–Kier alpha value is -4.00. The molecule has 1 unspecified atom stereocenters. The molecular weight excluding hydrogens is 390 g/mol. The summed E-state index contributed by atoms with van der Waals surface area (Å²) in [4.78, 5) is 36.8. The molecule has 4 aromatic rings. The van der Waals surface area contributed by atoms with Crippen molar-refractivity contribution < 1.29 is 9.59 Å². The van der Waals surface area contributed by atoms with Gasteiger partial charge in [0, 0.05) is 11.9 Å². The first-order valence-corrected chi connectivity index (χ1v) is 10.1. The highest BCUT2D eigenvalue weighted by atomic mass is 16.2. The number of amides is 2. The molecule has 7 nitrogen and oxygen atoms in total.